The second kappa shape index (κ2) is 3.66. The van der Waals surface area contributed by atoms with E-state index in [9.17, 15) is 9.90 Å². The van der Waals surface area contributed by atoms with Gasteiger partial charge in [0, 0.05) is 5.39 Å². The Hall–Kier alpha value is -2.36. The number of benzene rings is 2. The van der Waals surface area contributed by atoms with Gasteiger partial charge in [0.1, 0.15) is 5.69 Å². The van der Waals surface area contributed by atoms with Gasteiger partial charge in [0.15, 0.2) is 5.75 Å². The first kappa shape index (κ1) is 10.2. The number of amides is 1. The van der Waals surface area contributed by atoms with Gasteiger partial charge in [0.2, 0.25) is 0 Å². The van der Waals surface area contributed by atoms with E-state index < -0.39 is 5.91 Å². The maximum atomic E-state index is 11.1. The SMILES string of the molecule is C=Nc1c(O)c(C(N)=O)cc2ccccc12. The van der Waals surface area contributed by atoms with Crippen molar-refractivity contribution in [1.82, 2.24) is 0 Å². The van der Waals surface area contributed by atoms with Crippen molar-refractivity contribution in [3.05, 3.63) is 35.9 Å². The van der Waals surface area contributed by atoms with Crippen molar-refractivity contribution in [2.45, 2.75) is 0 Å². The fourth-order valence-electron chi connectivity index (χ4n) is 1.67. The number of carbonyl (C=O) groups excluding carboxylic acids is 1. The van der Waals surface area contributed by atoms with Gasteiger partial charge in [0.05, 0.1) is 5.56 Å². The highest BCUT2D eigenvalue weighted by Gasteiger charge is 2.14. The van der Waals surface area contributed by atoms with E-state index in [1.165, 1.54) is 0 Å². The van der Waals surface area contributed by atoms with Crippen LogP contribution in [0.4, 0.5) is 5.69 Å². The zero-order chi connectivity index (χ0) is 11.7. The summed E-state index contributed by atoms with van der Waals surface area (Å²) in [5.74, 6) is -0.908. The van der Waals surface area contributed by atoms with Crippen LogP contribution in [0, 0.1) is 0 Å². The van der Waals surface area contributed by atoms with E-state index in [0.717, 1.165) is 10.8 Å². The molecule has 0 fully saturated rings. The Morgan fingerprint density at radius 3 is 2.69 bits per heavy atom. The summed E-state index contributed by atoms with van der Waals surface area (Å²) in [5, 5.41) is 11.3. The molecule has 3 N–H and O–H groups in total. The van der Waals surface area contributed by atoms with Crippen LogP contribution in [-0.2, 0) is 0 Å². The molecule has 0 aliphatic rings. The molecule has 0 aromatic heterocycles. The normalized spacial score (nSPS) is 10.2. The molecule has 80 valence electrons. The van der Waals surface area contributed by atoms with Crippen molar-refractivity contribution in [3.63, 3.8) is 0 Å². The molecule has 2 aromatic carbocycles. The molecular weight excluding hydrogens is 204 g/mol. The molecule has 0 saturated carbocycles. The van der Waals surface area contributed by atoms with Gasteiger partial charge in [-0.1, -0.05) is 24.3 Å². The minimum absolute atomic E-state index is 0.0566. The number of aromatic hydroxyl groups is 1. The van der Waals surface area contributed by atoms with Crippen LogP contribution < -0.4 is 5.73 Å². The van der Waals surface area contributed by atoms with Crippen molar-refractivity contribution in [3.8, 4) is 5.75 Å². The Balaban J connectivity index is 2.93. The van der Waals surface area contributed by atoms with Gasteiger partial charge < -0.3 is 10.8 Å². The van der Waals surface area contributed by atoms with Crippen molar-refractivity contribution >= 4 is 29.1 Å². The van der Waals surface area contributed by atoms with Crippen LogP contribution >= 0.6 is 0 Å². The Labute approximate surface area is 92.0 Å². The number of rotatable bonds is 2. The van der Waals surface area contributed by atoms with E-state index in [4.69, 9.17) is 5.73 Å². The standard InChI is InChI=1S/C12H10N2O2/c1-14-10-8-5-3-2-4-7(8)6-9(11(10)15)12(13)16/h2-6,15H,1H2,(H2,13,16). The molecule has 0 unspecified atom stereocenters. The molecular formula is C12H10N2O2. The molecule has 0 aliphatic carbocycles. The molecule has 4 nitrogen and oxygen atoms in total. The third kappa shape index (κ3) is 1.40. The number of primary amides is 1. The van der Waals surface area contributed by atoms with Crippen LogP contribution in [0.5, 0.6) is 5.75 Å². The highest BCUT2D eigenvalue weighted by molar-refractivity contribution is 6.06. The fraction of sp³-hybridized carbons (Fsp3) is 0. The monoisotopic (exact) mass is 214 g/mol. The van der Waals surface area contributed by atoms with E-state index in [1.807, 2.05) is 18.2 Å². The number of fused-ring (bicyclic) bond motifs is 1. The molecule has 2 rings (SSSR count). The molecule has 0 heterocycles. The minimum atomic E-state index is -0.687. The first-order chi connectivity index (χ1) is 7.65. The summed E-state index contributed by atoms with van der Waals surface area (Å²) in [6.45, 7) is 3.38. The molecule has 1 amide bonds. The lowest BCUT2D eigenvalue weighted by Crippen LogP contribution is -2.11. The van der Waals surface area contributed by atoms with E-state index in [1.54, 1.807) is 12.1 Å². The van der Waals surface area contributed by atoms with Gasteiger partial charge in [-0.2, -0.15) is 0 Å². The van der Waals surface area contributed by atoms with Gasteiger partial charge in [-0.25, -0.2) is 0 Å². The fourth-order valence-corrected chi connectivity index (χ4v) is 1.67. The largest absolute Gasteiger partial charge is 0.505 e. The quantitative estimate of drug-likeness (QED) is 0.750. The number of aliphatic imine (C=N–C) groups is 1. The third-order valence-electron chi connectivity index (χ3n) is 2.42. The lowest BCUT2D eigenvalue weighted by atomic mass is 10.0. The smallest absolute Gasteiger partial charge is 0.252 e. The van der Waals surface area contributed by atoms with E-state index in [-0.39, 0.29) is 17.0 Å². The first-order valence-electron chi connectivity index (χ1n) is 4.66. The maximum absolute atomic E-state index is 11.1. The predicted octanol–water partition coefficient (Wildman–Crippen LogP) is 1.98. The molecule has 2 aromatic rings. The summed E-state index contributed by atoms with van der Waals surface area (Å²) in [6, 6.07) is 8.80. The van der Waals surface area contributed by atoms with Crippen LogP contribution in [0.3, 0.4) is 0 Å². The number of nitrogens with zero attached hydrogens (tertiary/aromatic N) is 1. The summed E-state index contributed by atoms with van der Waals surface area (Å²) in [5.41, 5.74) is 5.51. The molecule has 0 aliphatic heterocycles. The zero-order valence-corrected chi connectivity index (χ0v) is 8.47. The Kier molecular flexibility index (Phi) is 2.32. The highest BCUT2D eigenvalue weighted by Crippen LogP contribution is 2.37. The van der Waals surface area contributed by atoms with Gasteiger partial charge in [0.25, 0.3) is 5.91 Å². The lowest BCUT2D eigenvalue weighted by Gasteiger charge is -2.07. The molecule has 4 heteroatoms. The maximum Gasteiger partial charge on any atom is 0.252 e. The van der Waals surface area contributed by atoms with Crippen molar-refractivity contribution in [2.24, 2.45) is 10.7 Å². The molecule has 0 radical (unpaired) electrons. The second-order valence-electron chi connectivity index (χ2n) is 3.36. The summed E-state index contributed by atoms with van der Waals surface area (Å²) in [6.07, 6.45) is 0. The average Bonchev–Trinajstić information content (AvgIpc) is 2.28. The number of nitrogens with two attached hydrogens (primary N) is 1. The summed E-state index contributed by atoms with van der Waals surface area (Å²) in [4.78, 5) is 14.9. The summed E-state index contributed by atoms with van der Waals surface area (Å²) >= 11 is 0. The number of phenols is 1. The van der Waals surface area contributed by atoms with Crippen molar-refractivity contribution in [2.75, 3.05) is 0 Å². The molecule has 0 saturated heterocycles. The average molecular weight is 214 g/mol. The van der Waals surface area contributed by atoms with Gasteiger partial charge in [-0.15, -0.1) is 0 Å². The molecule has 0 bridgehead atoms. The van der Waals surface area contributed by atoms with Crippen LogP contribution in [0.15, 0.2) is 35.3 Å². The van der Waals surface area contributed by atoms with E-state index >= 15 is 0 Å². The molecule has 16 heavy (non-hydrogen) atoms. The zero-order valence-electron chi connectivity index (χ0n) is 8.47. The highest BCUT2D eigenvalue weighted by atomic mass is 16.3. The minimum Gasteiger partial charge on any atom is -0.505 e. The summed E-state index contributed by atoms with van der Waals surface area (Å²) < 4.78 is 0. The molecule has 0 spiro atoms. The topological polar surface area (TPSA) is 75.7 Å². The van der Waals surface area contributed by atoms with Gasteiger partial charge in [-0.3, -0.25) is 9.79 Å². The third-order valence-corrected chi connectivity index (χ3v) is 2.42. The van der Waals surface area contributed by atoms with Crippen LogP contribution in [0.1, 0.15) is 10.4 Å². The first-order valence-corrected chi connectivity index (χ1v) is 4.66. The number of carbonyl (C=O) groups is 1. The second-order valence-corrected chi connectivity index (χ2v) is 3.36. The van der Waals surface area contributed by atoms with E-state index in [2.05, 4.69) is 11.7 Å². The van der Waals surface area contributed by atoms with Crippen LogP contribution in [-0.4, -0.2) is 17.7 Å². The van der Waals surface area contributed by atoms with E-state index in [0.29, 0.717) is 0 Å². The summed E-state index contributed by atoms with van der Waals surface area (Å²) in [7, 11) is 0. The Bertz CT molecular complexity index is 591. The Morgan fingerprint density at radius 1 is 1.38 bits per heavy atom. The van der Waals surface area contributed by atoms with Gasteiger partial charge >= 0.3 is 0 Å². The van der Waals surface area contributed by atoms with Crippen molar-refractivity contribution < 1.29 is 9.90 Å². The number of hydrogen-bond acceptors (Lipinski definition) is 3. The Morgan fingerprint density at radius 2 is 2.06 bits per heavy atom. The van der Waals surface area contributed by atoms with Crippen LogP contribution in [0.2, 0.25) is 0 Å². The predicted molar refractivity (Wildman–Crippen MR) is 63.3 cm³/mol. The lowest BCUT2D eigenvalue weighted by molar-refractivity contribution is 0.0998. The molecule has 0 atom stereocenters. The van der Waals surface area contributed by atoms with Crippen molar-refractivity contribution in [1.29, 1.82) is 0 Å². The number of hydrogen-bond donors (Lipinski definition) is 2. The van der Waals surface area contributed by atoms with Gasteiger partial charge in [-0.05, 0) is 18.2 Å². The van der Waals surface area contributed by atoms with Crippen LogP contribution in [0.25, 0.3) is 10.8 Å².